The molecule has 1 amide bonds. The molecule has 0 spiro atoms. The quantitative estimate of drug-likeness (QED) is 0.770. The largest absolute Gasteiger partial charge is 0.355 e. The topological polar surface area (TPSA) is 59.0 Å². The van der Waals surface area contributed by atoms with Crippen LogP contribution in [0.5, 0.6) is 0 Å². The van der Waals surface area contributed by atoms with Crippen LogP contribution in [0.2, 0.25) is 0 Å². The summed E-state index contributed by atoms with van der Waals surface area (Å²) in [5, 5.41) is 10.3. The van der Waals surface area contributed by atoms with Crippen LogP contribution in [0.25, 0.3) is 6.20 Å². The fourth-order valence-corrected chi connectivity index (χ4v) is 1.74. The first-order valence-corrected chi connectivity index (χ1v) is 5.43. The molecule has 1 unspecified atom stereocenters. The van der Waals surface area contributed by atoms with E-state index in [0.717, 1.165) is 18.5 Å². The van der Waals surface area contributed by atoms with E-state index in [1.807, 2.05) is 12.4 Å². The zero-order valence-electron chi connectivity index (χ0n) is 9.15. The average Bonchev–Trinajstić information content (AvgIpc) is 2.76. The third-order valence-corrected chi connectivity index (χ3v) is 2.70. The van der Waals surface area contributed by atoms with Crippen LogP contribution in [0, 0.1) is 0 Å². The van der Waals surface area contributed by atoms with Crippen LogP contribution in [0.4, 0.5) is 0 Å². The molecule has 86 valence electrons. The highest BCUT2D eigenvalue weighted by Crippen LogP contribution is 2.04. The Labute approximate surface area is 94.5 Å². The first kappa shape index (κ1) is 10.9. The molecule has 1 atom stereocenters. The Hall–Kier alpha value is -1.62. The summed E-state index contributed by atoms with van der Waals surface area (Å²) in [6.45, 7) is 5.12. The van der Waals surface area contributed by atoms with Crippen molar-refractivity contribution in [1.82, 2.24) is 20.4 Å². The fourth-order valence-electron chi connectivity index (χ4n) is 1.74. The van der Waals surface area contributed by atoms with E-state index in [2.05, 4.69) is 22.3 Å². The molecule has 1 aliphatic rings. The Morgan fingerprint density at radius 2 is 2.62 bits per heavy atom. The standard InChI is InChI=1S/C11H16N4O/c1-2-15-8-9(6-14-15)5-12-10-3-4-11(16)13-7-10/h2,6,8,10,12H,1,3-5,7H2,(H,13,16). The molecule has 0 aliphatic carbocycles. The maximum Gasteiger partial charge on any atom is 0.220 e. The van der Waals surface area contributed by atoms with Gasteiger partial charge in [0.25, 0.3) is 0 Å². The minimum Gasteiger partial charge on any atom is -0.355 e. The maximum absolute atomic E-state index is 11.0. The minimum absolute atomic E-state index is 0.150. The molecule has 1 saturated heterocycles. The first-order chi connectivity index (χ1) is 7.78. The summed E-state index contributed by atoms with van der Waals surface area (Å²) < 4.78 is 1.68. The number of nitrogens with one attached hydrogen (secondary N) is 2. The van der Waals surface area contributed by atoms with E-state index in [1.165, 1.54) is 0 Å². The summed E-state index contributed by atoms with van der Waals surface area (Å²) >= 11 is 0. The third-order valence-electron chi connectivity index (χ3n) is 2.70. The fraction of sp³-hybridized carbons (Fsp3) is 0.455. The Bertz CT molecular complexity index is 375. The van der Waals surface area contributed by atoms with Crippen molar-refractivity contribution < 1.29 is 4.79 Å². The smallest absolute Gasteiger partial charge is 0.220 e. The number of piperidine rings is 1. The molecule has 16 heavy (non-hydrogen) atoms. The van der Waals surface area contributed by atoms with Crippen LogP contribution >= 0.6 is 0 Å². The van der Waals surface area contributed by atoms with Gasteiger partial charge in [0, 0.05) is 43.5 Å². The summed E-state index contributed by atoms with van der Waals surface area (Å²) in [6, 6.07) is 0.366. The van der Waals surface area contributed by atoms with Crippen molar-refractivity contribution in [2.24, 2.45) is 0 Å². The van der Waals surface area contributed by atoms with E-state index in [4.69, 9.17) is 0 Å². The predicted molar refractivity (Wildman–Crippen MR) is 61.5 cm³/mol. The van der Waals surface area contributed by atoms with Gasteiger partial charge in [-0.05, 0) is 6.42 Å². The molecule has 1 aliphatic heterocycles. The number of hydrogen-bond donors (Lipinski definition) is 2. The van der Waals surface area contributed by atoms with E-state index in [9.17, 15) is 4.79 Å². The van der Waals surface area contributed by atoms with Gasteiger partial charge in [-0.3, -0.25) is 4.79 Å². The van der Waals surface area contributed by atoms with Crippen LogP contribution < -0.4 is 10.6 Å². The highest BCUT2D eigenvalue weighted by molar-refractivity contribution is 5.76. The van der Waals surface area contributed by atoms with Crippen molar-refractivity contribution >= 4 is 12.1 Å². The van der Waals surface area contributed by atoms with Crippen LogP contribution in [-0.2, 0) is 11.3 Å². The maximum atomic E-state index is 11.0. The second kappa shape index (κ2) is 4.94. The van der Waals surface area contributed by atoms with E-state index >= 15 is 0 Å². The summed E-state index contributed by atoms with van der Waals surface area (Å²) in [6.07, 6.45) is 6.92. The van der Waals surface area contributed by atoms with Gasteiger partial charge in [-0.25, -0.2) is 4.68 Å². The molecular formula is C11H16N4O. The lowest BCUT2D eigenvalue weighted by molar-refractivity contribution is -0.122. The molecule has 2 heterocycles. The van der Waals surface area contributed by atoms with E-state index in [-0.39, 0.29) is 5.91 Å². The second-order valence-electron chi connectivity index (χ2n) is 3.93. The van der Waals surface area contributed by atoms with Gasteiger partial charge in [0.15, 0.2) is 0 Å². The average molecular weight is 220 g/mol. The highest BCUT2D eigenvalue weighted by Gasteiger charge is 2.16. The molecule has 5 heteroatoms. The SMILES string of the molecule is C=Cn1cc(CNC2CCC(=O)NC2)cn1. The predicted octanol–water partition coefficient (Wildman–Crippen LogP) is 0.352. The van der Waals surface area contributed by atoms with Crippen molar-refractivity contribution in [1.29, 1.82) is 0 Å². The molecule has 2 N–H and O–H groups in total. The van der Waals surface area contributed by atoms with Gasteiger partial charge in [0.2, 0.25) is 5.91 Å². The second-order valence-corrected chi connectivity index (χ2v) is 3.93. The Balaban J connectivity index is 1.78. The van der Waals surface area contributed by atoms with E-state index in [1.54, 1.807) is 10.9 Å². The van der Waals surface area contributed by atoms with Gasteiger partial charge in [0.1, 0.15) is 0 Å². The van der Waals surface area contributed by atoms with Crippen LogP contribution in [0.15, 0.2) is 19.0 Å². The molecule has 0 aromatic carbocycles. The van der Waals surface area contributed by atoms with Crippen molar-refractivity contribution in [2.75, 3.05) is 6.54 Å². The van der Waals surface area contributed by atoms with Gasteiger partial charge in [-0.15, -0.1) is 0 Å². The Morgan fingerprint density at radius 1 is 1.75 bits per heavy atom. The van der Waals surface area contributed by atoms with Gasteiger partial charge in [-0.2, -0.15) is 5.10 Å². The first-order valence-electron chi connectivity index (χ1n) is 5.43. The summed E-state index contributed by atoms with van der Waals surface area (Å²) in [4.78, 5) is 11.0. The van der Waals surface area contributed by atoms with Crippen molar-refractivity contribution in [3.8, 4) is 0 Å². The number of amides is 1. The molecule has 0 bridgehead atoms. The Kier molecular flexibility index (Phi) is 3.36. The summed E-state index contributed by atoms with van der Waals surface area (Å²) in [5.41, 5.74) is 1.12. The monoisotopic (exact) mass is 220 g/mol. The lowest BCUT2D eigenvalue weighted by Gasteiger charge is -2.23. The summed E-state index contributed by atoms with van der Waals surface area (Å²) in [7, 11) is 0. The lowest BCUT2D eigenvalue weighted by atomic mass is 10.1. The van der Waals surface area contributed by atoms with Gasteiger partial charge in [-0.1, -0.05) is 6.58 Å². The number of hydrogen-bond acceptors (Lipinski definition) is 3. The van der Waals surface area contributed by atoms with Gasteiger partial charge < -0.3 is 10.6 Å². The minimum atomic E-state index is 0.150. The molecule has 2 rings (SSSR count). The summed E-state index contributed by atoms with van der Waals surface area (Å²) in [5.74, 6) is 0.150. The van der Waals surface area contributed by atoms with Gasteiger partial charge in [0.05, 0.1) is 6.20 Å². The van der Waals surface area contributed by atoms with E-state index < -0.39 is 0 Å². The van der Waals surface area contributed by atoms with Crippen LogP contribution in [0.1, 0.15) is 18.4 Å². The number of carbonyl (C=O) groups is 1. The van der Waals surface area contributed by atoms with Gasteiger partial charge >= 0.3 is 0 Å². The van der Waals surface area contributed by atoms with Crippen molar-refractivity contribution in [3.63, 3.8) is 0 Å². The van der Waals surface area contributed by atoms with Crippen LogP contribution in [0.3, 0.4) is 0 Å². The zero-order valence-corrected chi connectivity index (χ0v) is 9.15. The van der Waals surface area contributed by atoms with Crippen molar-refractivity contribution in [2.45, 2.75) is 25.4 Å². The molecule has 1 aromatic rings. The zero-order chi connectivity index (χ0) is 11.4. The molecular weight excluding hydrogens is 204 g/mol. The van der Waals surface area contributed by atoms with Crippen molar-refractivity contribution in [3.05, 3.63) is 24.5 Å². The van der Waals surface area contributed by atoms with Crippen LogP contribution in [-0.4, -0.2) is 28.3 Å². The number of nitrogens with zero attached hydrogens (tertiary/aromatic N) is 2. The number of aromatic nitrogens is 2. The molecule has 1 aromatic heterocycles. The molecule has 5 nitrogen and oxygen atoms in total. The normalized spacial score (nSPS) is 20.5. The molecule has 0 radical (unpaired) electrons. The molecule has 1 fully saturated rings. The number of rotatable bonds is 4. The molecule has 0 saturated carbocycles. The third kappa shape index (κ3) is 2.70. The Morgan fingerprint density at radius 3 is 3.25 bits per heavy atom. The highest BCUT2D eigenvalue weighted by atomic mass is 16.1. The lowest BCUT2D eigenvalue weighted by Crippen LogP contribution is -2.45. The van der Waals surface area contributed by atoms with E-state index in [0.29, 0.717) is 19.0 Å². The number of carbonyl (C=O) groups excluding carboxylic acids is 1.